The van der Waals surface area contributed by atoms with Crippen LogP contribution in [0.1, 0.15) is 23.7 Å². The first kappa shape index (κ1) is 15.4. The van der Waals surface area contributed by atoms with Gasteiger partial charge in [0.1, 0.15) is 0 Å². The minimum absolute atomic E-state index is 0.332. The van der Waals surface area contributed by atoms with Crippen LogP contribution in [0.2, 0.25) is 0 Å². The Morgan fingerprint density at radius 2 is 1.55 bits per heavy atom. The molecule has 2 aromatic carbocycles. The van der Waals surface area contributed by atoms with E-state index in [1.807, 2.05) is 18.2 Å². The Morgan fingerprint density at radius 3 is 2.18 bits per heavy atom. The highest BCUT2D eigenvalue weighted by molar-refractivity contribution is 6.12. The Labute approximate surface area is 126 Å². The molecule has 22 heavy (non-hydrogen) atoms. The predicted octanol–water partition coefficient (Wildman–Crippen LogP) is 2.90. The van der Waals surface area contributed by atoms with E-state index < -0.39 is 29.7 Å². The molecule has 0 aliphatic rings. The minimum atomic E-state index is -1.39. The number of carboxylic acid groups (broad SMARTS) is 2. The maximum absolute atomic E-state index is 12.4. The Balaban J connectivity index is 2.45. The number of Topliss-reactive ketones (excluding diaryl/α,β-unsaturated/α-hetero) is 1. The Kier molecular flexibility index (Phi) is 4.36. The predicted molar refractivity (Wildman–Crippen MR) is 80.9 cm³/mol. The Hall–Kier alpha value is -2.95. The smallest absolute Gasteiger partial charge is 0.332 e. The van der Waals surface area contributed by atoms with E-state index in [9.17, 15) is 14.4 Å². The quantitative estimate of drug-likeness (QED) is 0.654. The molecule has 0 spiro atoms. The Bertz CT molecular complexity index is 796. The van der Waals surface area contributed by atoms with Crippen molar-refractivity contribution in [1.29, 1.82) is 0 Å². The van der Waals surface area contributed by atoms with Crippen LogP contribution in [0.3, 0.4) is 0 Å². The third-order valence-electron chi connectivity index (χ3n) is 3.46. The first-order chi connectivity index (χ1) is 10.4. The van der Waals surface area contributed by atoms with Gasteiger partial charge in [0, 0.05) is 17.6 Å². The molecule has 0 fully saturated rings. The Morgan fingerprint density at radius 1 is 0.909 bits per heavy atom. The zero-order valence-electron chi connectivity index (χ0n) is 11.9. The van der Waals surface area contributed by atoms with E-state index in [2.05, 4.69) is 0 Å². The van der Waals surface area contributed by atoms with E-state index in [1.165, 1.54) is 6.92 Å². The largest absolute Gasteiger partial charge is 0.478 e. The average molecular weight is 298 g/mol. The number of rotatable bonds is 5. The highest BCUT2D eigenvalue weighted by atomic mass is 16.4. The lowest BCUT2D eigenvalue weighted by atomic mass is 9.95. The monoisotopic (exact) mass is 298 g/mol. The van der Waals surface area contributed by atoms with Gasteiger partial charge in [0.15, 0.2) is 5.78 Å². The van der Waals surface area contributed by atoms with Crippen molar-refractivity contribution < 1.29 is 24.6 Å². The van der Waals surface area contributed by atoms with Gasteiger partial charge in [0.05, 0.1) is 5.57 Å². The molecule has 0 radical (unpaired) electrons. The molecule has 0 aromatic heterocycles. The van der Waals surface area contributed by atoms with Crippen molar-refractivity contribution in [3.05, 3.63) is 59.2 Å². The number of benzene rings is 2. The fourth-order valence-corrected chi connectivity index (χ4v) is 2.22. The lowest BCUT2D eigenvalue weighted by molar-refractivity contribution is -0.135. The summed E-state index contributed by atoms with van der Waals surface area (Å²) in [6.45, 7) is 1.18. The number of carbonyl (C=O) groups is 3. The zero-order valence-corrected chi connectivity index (χ0v) is 11.9. The van der Waals surface area contributed by atoms with Crippen LogP contribution in [-0.4, -0.2) is 27.9 Å². The number of aliphatic carboxylic acids is 2. The summed E-state index contributed by atoms with van der Waals surface area (Å²) in [6, 6.07) is 12.4. The molecule has 0 aliphatic heterocycles. The first-order valence-electron chi connectivity index (χ1n) is 6.59. The summed E-state index contributed by atoms with van der Waals surface area (Å²) in [5, 5.41) is 19.6. The fraction of sp³-hybridized carbons (Fsp3) is 0.118. The van der Waals surface area contributed by atoms with Gasteiger partial charge in [-0.25, -0.2) is 9.59 Å². The number of carbonyl (C=O) groups excluding carboxylic acids is 1. The first-order valence-corrected chi connectivity index (χ1v) is 6.59. The molecule has 5 heteroatoms. The standard InChI is InChI=1S/C17H14O5/c1-10(16(19)20)14(17(21)22)9-15(18)13-8-4-6-11-5-2-3-7-12(11)13/h2-8H,9H2,1H3,(H,19,20)(H,21,22)/b14-10+. The van der Waals surface area contributed by atoms with Gasteiger partial charge in [-0.1, -0.05) is 42.5 Å². The zero-order chi connectivity index (χ0) is 16.3. The molecule has 2 N–H and O–H groups in total. The topological polar surface area (TPSA) is 91.7 Å². The highest BCUT2D eigenvalue weighted by Gasteiger charge is 2.21. The van der Waals surface area contributed by atoms with E-state index in [0.717, 1.165) is 5.39 Å². The van der Waals surface area contributed by atoms with Gasteiger partial charge >= 0.3 is 11.9 Å². The van der Waals surface area contributed by atoms with Gasteiger partial charge in [-0.2, -0.15) is 0 Å². The van der Waals surface area contributed by atoms with Crippen molar-refractivity contribution in [3.63, 3.8) is 0 Å². The second kappa shape index (κ2) is 6.22. The molecule has 0 saturated heterocycles. The van der Waals surface area contributed by atoms with Crippen LogP contribution in [0.15, 0.2) is 53.6 Å². The van der Waals surface area contributed by atoms with Gasteiger partial charge in [0.25, 0.3) is 0 Å². The maximum Gasteiger partial charge on any atom is 0.332 e. The van der Waals surface area contributed by atoms with Crippen molar-refractivity contribution in [1.82, 2.24) is 0 Å². The van der Waals surface area contributed by atoms with Gasteiger partial charge in [-0.3, -0.25) is 4.79 Å². The van der Waals surface area contributed by atoms with E-state index in [0.29, 0.717) is 10.9 Å². The van der Waals surface area contributed by atoms with Crippen molar-refractivity contribution in [2.24, 2.45) is 0 Å². The van der Waals surface area contributed by atoms with E-state index in [-0.39, 0.29) is 5.57 Å². The molecule has 2 rings (SSSR count). The normalized spacial score (nSPS) is 11.9. The number of carboxylic acids is 2. The SMILES string of the molecule is C/C(C(=O)O)=C(/CC(=O)c1cccc2ccccc12)C(=O)O. The number of fused-ring (bicyclic) bond motifs is 1. The molecule has 0 atom stereocenters. The van der Waals surface area contributed by atoms with Crippen LogP contribution in [0.25, 0.3) is 10.8 Å². The molecule has 0 amide bonds. The van der Waals surface area contributed by atoms with Crippen LogP contribution < -0.4 is 0 Å². The fourth-order valence-electron chi connectivity index (χ4n) is 2.22. The average Bonchev–Trinajstić information content (AvgIpc) is 2.50. The summed E-state index contributed by atoms with van der Waals surface area (Å²) >= 11 is 0. The second-order valence-corrected chi connectivity index (χ2v) is 4.84. The van der Waals surface area contributed by atoms with Crippen molar-refractivity contribution in [2.45, 2.75) is 13.3 Å². The second-order valence-electron chi connectivity index (χ2n) is 4.84. The lowest BCUT2D eigenvalue weighted by Gasteiger charge is -2.08. The summed E-state index contributed by atoms with van der Waals surface area (Å²) in [5.74, 6) is -3.16. The summed E-state index contributed by atoms with van der Waals surface area (Å²) in [4.78, 5) is 34.6. The molecule has 0 heterocycles. The summed E-state index contributed by atoms with van der Waals surface area (Å²) in [6.07, 6.45) is -0.457. The maximum atomic E-state index is 12.4. The molecule has 112 valence electrons. The molecule has 0 bridgehead atoms. The number of hydrogen-bond acceptors (Lipinski definition) is 3. The van der Waals surface area contributed by atoms with Crippen LogP contribution >= 0.6 is 0 Å². The summed E-state index contributed by atoms with van der Waals surface area (Å²) in [7, 11) is 0. The molecule has 0 unspecified atom stereocenters. The van der Waals surface area contributed by atoms with E-state index in [4.69, 9.17) is 10.2 Å². The van der Waals surface area contributed by atoms with E-state index in [1.54, 1.807) is 24.3 Å². The summed E-state index contributed by atoms with van der Waals surface area (Å²) in [5.41, 5.74) is -0.346. The molecular weight excluding hydrogens is 284 g/mol. The van der Waals surface area contributed by atoms with Crippen molar-refractivity contribution in [2.75, 3.05) is 0 Å². The van der Waals surface area contributed by atoms with Crippen molar-refractivity contribution >= 4 is 28.5 Å². The van der Waals surface area contributed by atoms with Gasteiger partial charge in [-0.15, -0.1) is 0 Å². The minimum Gasteiger partial charge on any atom is -0.478 e. The van der Waals surface area contributed by atoms with Crippen molar-refractivity contribution in [3.8, 4) is 0 Å². The molecule has 0 aliphatic carbocycles. The van der Waals surface area contributed by atoms with Gasteiger partial charge in [0.2, 0.25) is 0 Å². The number of hydrogen-bond donors (Lipinski definition) is 2. The third kappa shape index (κ3) is 3.03. The van der Waals surface area contributed by atoms with Crippen LogP contribution in [0.4, 0.5) is 0 Å². The summed E-state index contributed by atoms with van der Waals surface area (Å²) < 4.78 is 0. The highest BCUT2D eigenvalue weighted by Crippen LogP contribution is 2.22. The van der Waals surface area contributed by atoms with Gasteiger partial charge in [-0.05, 0) is 17.7 Å². The third-order valence-corrected chi connectivity index (χ3v) is 3.46. The molecular formula is C17H14O5. The molecule has 2 aromatic rings. The van der Waals surface area contributed by atoms with Crippen LogP contribution in [-0.2, 0) is 9.59 Å². The van der Waals surface area contributed by atoms with Crippen LogP contribution in [0, 0.1) is 0 Å². The van der Waals surface area contributed by atoms with E-state index >= 15 is 0 Å². The lowest BCUT2D eigenvalue weighted by Crippen LogP contribution is -2.13. The van der Waals surface area contributed by atoms with Crippen LogP contribution in [0.5, 0.6) is 0 Å². The van der Waals surface area contributed by atoms with Gasteiger partial charge < -0.3 is 10.2 Å². The molecule has 0 saturated carbocycles. The molecule has 5 nitrogen and oxygen atoms in total. The number of ketones is 1.